The number of ether oxygens (including phenoxy) is 1. The number of nitro groups is 1. The van der Waals surface area contributed by atoms with Crippen molar-refractivity contribution >= 4 is 34.7 Å². The predicted molar refractivity (Wildman–Crippen MR) is 132 cm³/mol. The van der Waals surface area contributed by atoms with Gasteiger partial charge in [0, 0.05) is 34.3 Å². The van der Waals surface area contributed by atoms with Crippen LogP contribution in [0.5, 0.6) is 0 Å². The fourth-order valence-electron chi connectivity index (χ4n) is 4.79. The van der Waals surface area contributed by atoms with Gasteiger partial charge in [0.15, 0.2) is 12.4 Å². The van der Waals surface area contributed by atoms with Gasteiger partial charge >= 0.3 is 5.97 Å². The highest BCUT2D eigenvalue weighted by Gasteiger charge is 2.38. The Hall–Kier alpha value is -3.97. The van der Waals surface area contributed by atoms with Crippen LogP contribution in [0, 0.1) is 16.0 Å². The Labute approximate surface area is 206 Å². The number of nitrogens with one attached hydrogen (secondary N) is 1. The topological polar surface area (TPSA) is 98.5 Å². The van der Waals surface area contributed by atoms with Gasteiger partial charge in [-0.05, 0) is 65.9 Å². The average molecular weight is 489 g/mol. The number of Topliss-reactive ketones (excluding diaryl/α,β-unsaturated/α-hetero) is 1. The molecule has 0 bridgehead atoms. The number of carbonyl (C=O) groups is 2. The number of hydrogen-bond donors (Lipinski definition) is 1. The Morgan fingerprint density at radius 2 is 1.74 bits per heavy atom. The van der Waals surface area contributed by atoms with Crippen molar-refractivity contribution in [2.45, 2.75) is 18.4 Å². The SMILES string of the molecule is O=C(COC(=O)c1ccc2c(c1)[C@@H]1C=CC[C@H]1[C@H](c1ccc(Cl)cc1)N2)c1ccc([N+](=O)[O-])cc1. The third-order valence-corrected chi connectivity index (χ3v) is 6.81. The molecule has 0 saturated heterocycles. The van der Waals surface area contributed by atoms with Crippen LogP contribution in [0.15, 0.2) is 78.9 Å². The van der Waals surface area contributed by atoms with Gasteiger partial charge < -0.3 is 10.1 Å². The molecule has 3 aromatic carbocycles. The number of halogens is 1. The van der Waals surface area contributed by atoms with Crippen LogP contribution in [-0.4, -0.2) is 23.3 Å². The van der Waals surface area contributed by atoms with Gasteiger partial charge in [-0.2, -0.15) is 0 Å². The zero-order valence-corrected chi connectivity index (χ0v) is 19.3. The lowest BCUT2D eigenvalue weighted by Crippen LogP contribution is -2.29. The number of esters is 1. The lowest BCUT2D eigenvalue weighted by molar-refractivity contribution is -0.384. The maximum atomic E-state index is 12.7. The van der Waals surface area contributed by atoms with Gasteiger partial charge in [0.1, 0.15) is 0 Å². The molecular weight excluding hydrogens is 468 g/mol. The van der Waals surface area contributed by atoms with E-state index in [-0.39, 0.29) is 23.2 Å². The van der Waals surface area contributed by atoms with E-state index in [0.29, 0.717) is 16.5 Å². The van der Waals surface area contributed by atoms with Crippen molar-refractivity contribution in [1.82, 2.24) is 0 Å². The van der Waals surface area contributed by atoms with Crippen LogP contribution in [0.4, 0.5) is 11.4 Å². The molecule has 8 heteroatoms. The number of anilines is 1. The van der Waals surface area contributed by atoms with E-state index in [2.05, 4.69) is 17.5 Å². The van der Waals surface area contributed by atoms with Gasteiger partial charge in [-0.3, -0.25) is 14.9 Å². The number of rotatable bonds is 6. The minimum atomic E-state index is -0.596. The van der Waals surface area contributed by atoms with Crippen molar-refractivity contribution in [1.29, 1.82) is 0 Å². The van der Waals surface area contributed by atoms with Crippen molar-refractivity contribution in [2.24, 2.45) is 5.92 Å². The van der Waals surface area contributed by atoms with E-state index in [9.17, 15) is 19.7 Å². The summed E-state index contributed by atoms with van der Waals surface area (Å²) in [5.74, 6) is -0.570. The summed E-state index contributed by atoms with van der Waals surface area (Å²) >= 11 is 6.07. The number of nitrogens with zero attached hydrogens (tertiary/aromatic N) is 1. The molecule has 0 aromatic heterocycles. The molecule has 0 unspecified atom stereocenters. The lowest BCUT2D eigenvalue weighted by Gasteiger charge is -2.37. The molecule has 1 aliphatic carbocycles. The van der Waals surface area contributed by atoms with Gasteiger partial charge in [-0.1, -0.05) is 35.9 Å². The molecule has 1 aliphatic heterocycles. The Balaban J connectivity index is 1.30. The summed E-state index contributed by atoms with van der Waals surface area (Å²) in [6, 6.07) is 18.5. The van der Waals surface area contributed by atoms with E-state index in [0.717, 1.165) is 23.2 Å². The van der Waals surface area contributed by atoms with E-state index in [1.165, 1.54) is 24.3 Å². The second kappa shape index (κ2) is 9.35. The van der Waals surface area contributed by atoms with Crippen molar-refractivity contribution < 1.29 is 19.2 Å². The van der Waals surface area contributed by atoms with E-state index in [1.807, 2.05) is 36.4 Å². The first-order valence-electron chi connectivity index (χ1n) is 11.2. The molecule has 3 atom stereocenters. The Kier molecular flexibility index (Phi) is 6.09. The molecule has 176 valence electrons. The third-order valence-electron chi connectivity index (χ3n) is 6.56. The number of fused-ring (bicyclic) bond motifs is 3. The van der Waals surface area contributed by atoms with Gasteiger partial charge in [-0.15, -0.1) is 0 Å². The smallest absolute Gasteiger partial charge is 0.338 e. The van der Waals surface area contributed by atoms with Crippen LogP contribution < -0.4 is 5.32 Å². The summed E-state index contributed by atoms with van der Waals surface area (Å²) in [5.41, 5.74) is 3.63. The second-order valence-corrected chi connectivity index (χ2v) is 9.07. The summed E-state index contributed by atoms with van der Waals surface area (Å²) in [7, 11) is 0. The molecule has 5 rings (SSSR count). The van der Waals surface area contributed by atoms with Gasteiger partial charge in [-0.25, -0.2) is 4.79 Å². The summed E-state index contributed by atoms with van der Waals surface area (Å²) in [6.07, 6.45) is 5.27. The van der Waals surface area contributed by atoms with Crippen molar-refractivity contribution in [3.63, 3.8) is 0 Å². The summed E-state index contributed by atoms with van der Waals surface area (Å²) in [5, 5.41) is 15.1. The molecule has 0 spiro atoms. The molecule has 1 N–H and O–H groups in total. The Morgan fingerprint density at radius 1 is 1.03 bits per heavy atom. The summed E-state index contributed by atoms with van der Waals surface area (Å²) in [4.78, 5) is 35.3. The quantitative estimate of drug-likeness (QED) is 0.148. The number of benzene rings is 3. The third kappa shape index (κ3) is 4.55. The molecule has 0 radical (unpaired) electrons. The maximum Gasteiger partial charge on any atom is 0.338 e. The van der Waals surface area contributed by atoms with E-state index >= 15 is 0 Å². The minimum Gasteiger partial charge on any atom is -0.454 e. The molecule has 0 amide bonds. The minimum absolute atomic E-state index is 0.112. The highest BCUT2D eigenvalue weighted by molar-refractivity contribution is 6.30. The summed E-state index contributed by atoms with van der Waals surface area (Å²) in [6.45, 7) is -0.448. The van der Waals surface area contributed by atoms with Gasteiger partial charge in [0.2, 0.25) is 0 Å². The Bertz CT molecular complexity index is 1330. The maximum absolute atomic E-state index is 12.7. The lowest BCUT2D eigenvalue weighted by atomic mass is 9.76. The Morgan fingerprint density at radius 3 is 2.46 bits per heavy atom. The number of allylic oxidation sites excluding steroid dienone is 2. The van der Waals surface area contributed by atoms with E-state index in [4.69, 9.17) is 16.3 Å². The molecule has 7 nitrogen and oxygen atoms in total. The molecule has 0 fully saturated rings. The molecule has 35 heavy (non-hydrogen) atoms. The fourth-order valence-corrected chi connectivity index (χ4v) is 4.91. The highest BCUT2D eigenvalue weighted by atomic mass is 35.5. The zero-order chi connectivity index (χ0) is 24.5. The van der Waals surface area contributed by atoms with Gasteiger partial charge in [0.25, 0.3) is 5.69 Å². The van der Waals surface area contributed by atoms with Crippen molar-refractivity contribution in [3.8, 4) is 0 Å². The second-order valence-electron chi connectivity index (χ2n) is 8.63. The van der Waals surface area contributed by atoms with Gasteiger partial charge in [0.05, 0.1) is 16.5 Å². The van der Waals surface area contributed by atoms with E-state index < -0.39 is 23.3 Å². The first-order chi connectivity index (χ1) is 16.9. The standard InChI is InChI=1S/C27H21ClN2O5/c28-19-9-4-17(5-10-19)26-22-3-1-2-21(22)23-14-18(8-13-24(23)29-26)27(32)35-15-25(31)16-6-11-20(12-7-16)30(33)34/h1-2,4-14,21-22,26,29H,3,15H2/t21-,22-,26+/m1/s1. The van der Waals surface area contributed by atoms with Crippen molar-refractivity contribution in [3.05, 3.63) is 116 Å². The number of hydrogen-bond acceptors (Lipinski definition) is 6. The van der Waals surface area contributed by atoms with E-state index in [1.54, 1.807) is 6.07 Å². The van der Waals surface area contributed by atoms with Crippen LogP contribution in [0.3, 0.4) is 0 Å². The summed E-state index contributed by atoms with van der Waals surface area (Å²) < 4.78 is 5.25. The first-order valence-corrected chi connectivity index (χ1v) is 11.6. The normalized spacial score (nSPS) is 19.9. The van der Waals surface area contributed by atoms with Crippen molar-refractivity contribution in [2.75, 3.05) is 11.9 Å². The molecule has 2 aliphatic rings. The fraction of sp³-hybridized carbons (Fsp3) is 0.185. The molecular formula is C27H21ClN2O5. The highest BCUT2D eigenvalue weighted by Crippen LogP contribution is 2.50. The number of nitro benzene ring substituents is 1. The van der Waals surface area contributed by atoms with Crippen LogP contribution >= 0.6 is 11.6 Å². The number of non-ortho nitro benzene ring substituents is 1. The molecule has 3 aromatic rings. The van der Waals surface area contributed by atoms with Crippen LogP contribution in [-0.2, 0) is 4.74 Å². The predicted octanol–water partition coefficient (Wildman–Crippen LogP) is 6.11. The number of ketones is 1. The first kappa shape index (κ1) is 22.8. The number of carbonyl (C=O) groups excluding carboxylic acids is 2. The van der Waals surface area contributed by atoms with Crippen LogP contribution in [0.1, 0.15) is 50.2 Å². The molecule has 1 heterocycles. The average Bonchev–Trinajstić information content (AvgIpc) is 3.37. The van der Waals surface area contributed by atoms with Crippen LogP contribution in [0.2, 0.25) is 5.02 Å². The monoisotopic (exact) mass is 488 g/mol. The van der Waals surface area contributed by atoms with Crippen LogP contribution in [0.25, 0.3) is 0 Å². The molecule has 0 saturated carbocycles. The zero-order valence-electron chi connectivity index (χ0n) is 18.5. The largest absolute Gasteiger partial charge is 0.454 e.